The lowest BCUT2D eigenvalue weighted by Gasteiger charge is -2.23. The first kappa shape index (κ1) is 44.3. The third kappa shape index (κ3) is 14.3. The summed E-state index contributed by atoms with van der Waals surface area (Å²) in [4.78, 5) is 42.9. The zero-order chi connectivity index (χ0) is 42.2. The highest BCUT2D eigenvalue weighted by Crippen LogP contribution is 2.25. The van der Waals surface area contributed by atoms with E-state index in [-0.39, 0.29) is 30.8 Å². The molecule has 0 radical (unpaired) electrons. The lowest BCUT2D eigenvalue weighted by Crippen LogP contribution is -2.42. The number of azide groups is 1. The van der Waals surface area contributed by atoms with E-state index in [2.05, 4.69) is 36.2 Å². The van der Waals surface area contributed by atoms with E-state index in [9.17, 15) is 19.5 Å². The summed E-state index contributed by atoms with van der Waals surface area (Å²) in [7, 11) is 3.88. The van der Waals surface area contributed by atoms with Crippen LogP contribution in [0.3, 0.4) is 0 Å². The van der Waals surface area contributed by atoms with Crippen LogP contribution in [0.2, 0.25) is 0 Å². The Morgan fingerprint density at radius 2 is 1.52 bits per heavy atom. The van der Waals surface area contributed by atoms with Gasteiger partial charge in [0, 0.05) is 49.0 Å². The fourth-order valence-corrected chi connectivity index (χ4v) is 5.40. The van der Waals surface area contributed by atoms with E-state index >= 15 is 8.78 Å². The second-order valence-corrected chi connectivity index (χ2v) is 14.3. The van der Waals surface area contributed by atoms with Crippen molar-refractivity contribution >= 4 is 40.5 Å². The number of halogens is 2. The Kier molecular flexibility index (Phi) is 16.2. The van der Waals surface area contributed by atoms with Crippen LogP contribution in [0, 0.1) is 11.6 Å². The molecule has 4 N–H and O–H groups in total. The molecule has 0 saturated carbocycles. The van der Waals surface area contributed by atoms with Crippen molar-refractivity contribution in [3.8, 4) is 5.75 Å². The molecule has 58 heavy (non-hydrogen) atoms. The number of benzene rings is 4. The van der Waals surface area contributed by atoms with Gasteiger partial charge in [0.05, 0.1) is 17.4 Å². The number of ether oxygens (including phenoxy) is 2. The molecular weight excluding hydrogens is 753 g/mol. The second kappa shape index (κ2) is 21.2. The summed E-state index contributed by atoms with van der Waals surface area (Å²) < 4.78 is 40.8. The van der Waals surface area contributed by atoms with E-state index in [1.165, 1.54) is 12.1 Å². The second-order valence-electron chi connectivity index (χ2n) is 14.3. The Bertz CT molecular complexity index is 2080. The highest BCUT2D eigenvalue weighted by molar-refractivity contribution is 5.94. The summed E-state index contributed by atoms with van der Waals surface area (Å²) in [5, 5.41) is 30.9. The summed E-state index contributed by atoms with van der Waals surface area (Å²) in [6, 6.07) is 20.9. The number of hydrogen-bond donors (Lipinski definition) is 4. The first-order chi connectivity index (χ1) is 27.6. The molecule has 0 heterocycles. The number of carbonyl (C=O) groups is 3. The van der Waals surface area contributed by atoms with Gasteiger partial charge in [0.15, 0.2) is 23.2 Å². The maximum atomic E-state index is 15.1. The third-order valence-electron chi connectivity index (χ3n) is 8.33. The molecule has 0 aliphatic rings. The largest absolute Gasteiger partial charge is 0.480 e. The fraction of sp³-hybridized carbons (Fsp3) is 0.341. The highest BCUT2D eigenvalue weighted by atomic mass is 19.1. The van der Waals surface area contributed by atoms with Crippen molar-refractivity contribution < 1.29 is 37.7 Å². The van der Waals surface area contributed by atoms with Crippen molar-refractivity contribution in [1.29, 1.82) is 0 Å². The molecule has 0 aromatic heterocycles. The van der Waals surface area contributed by atoms with E-state index in [0.29, 0.717) is 35.3 Å². The molecule has 0 aliphatic carbocycles. The van der Waals surface area contributed by atoms with Crippen LogP contribution in [0.15, 0.2) is 100 Å². The maximum absolute atomic E-state index is 15.1. The van der Waals surface area contributed by atoms with Crippen molar-refractivity contribution in [2.24, 2.45) is 15.3 Å². The minimum absolute atomic E-state index is 0.110. The van der Waals surface area contributed by atoms with Crippen LogP contribution < -0.4 is 25.6 Å². The molecule has 4 rings (SSSR count). The first-order valence-electron chi connectivity index (χ1n) is 18.4. The van der Waals surface area contributed by atoms with Gasteiger partial charge in [-0.15, -0.1) is 0 Å². The number of alkyl carbamates (subject to hydrolysis) is 1. The van der Waals surface area contributed by atoms with Gasteiger partial charge in [-0.25, -0.2) is 13.6 Å². The zero-order valence-corrected chi connectivity index (χ0v) is 32.9. The average molecular weight is 800 g/mol. The number of anilines is 1. The first-order valence-corrected chi connectivity index (χ1v) is 18.4. The van der Waals surface area contributed by atoms with Crippen molar-refractivity contribution in [1.82, 2.24) is 16.0 Å². The van der Waals surface area contributed by atoms with E-state index in [4.69, 9.17) is 15.0 Å². The van der Waals surface area contributed by atoms with Gasteiger partial charge in [0.1, 0.15) is 18.4 Å². The summed E-state index contributed by atoms with van der Waals surface area (Å²) in [5.74, 6) is -4.07. The third-order valence-corrected chi connectivity index (χ3v) is 8.33. The Morgan fingerprint density at radius 3 is 2.12 bits per heavy atom. The molecule has 0 spiro atoms. The number of hydrogen-bond acceptors (Lipinski definition) is 11. The Morgan fingerprint density at radius 1 is 0.879 bits per heavy atom. The number of ketones is 1. The van der Waals surface area contributed by atoms with Crippen molar-refractivity contribution in [2.75, 3.05) is 32.1 Å². The maximum Gasteiger partial charge on any atom is 0.407 e. The van der Waals surface area contributed by atoms with Gasteiger partial charge < -0.3 is 30.1 Å². The van der Waals surface area contributed by atoms with Crippen LogP contribution in [-0.4, -0.2) is 61.8 Å². The lowest BCUT2D eigenvalue weighted by atomic mass is 10.0. The molecule has 4 aromatic carbocycles. The standard InChI is InChI=1S/C41H47F2N9O6/c1-41(2,3)58-40(56)45-20-7-6-11-35(47-39(55)28-9-8-10-31(23-28)50-51-44)36(53)25-57-37-33(42)21-26(22-34(37)43)24-46-38(54)27-12-14-29(15-13-27)48-49-30-16-18-32(19-17-30)52(4)5/h8-10,12-19,21-23,35,39,47,55H,6-7,11,20,24-25H2,1-5H3,(H,45,56)(H,46,54)/b49-48+/t35-,39?/m0/s1. The number of carbonyl (C=O) groups excluding carboxylic acids is 3. The average Bonchev–Trinajstić information content (AvgIpc) is 3.18. The number of unbranched alkanes of at least 4 members (excludes halogenated alkanes) is 1. The van der Waals surface area contributed by atoms with Crippen molar-refractivity contribution in [3.05, 3.63) is 124 Å². The van der Waals surface area contributed by atoms with Crippen LogP contribution in [0.5, 0.6) is 5.75 Å². The van der Waals surface area contributed by atoms with Gasteiger partial charge in [-0.1, -0.05) is 23.3 Å². The van der Waals surface area contributed by atoms with Crippen LogP contribution in [0.1, 0.15) is 67.7 Å². The van der Waals surface area contributed by atoms with Gasteiger partial charge >= 0.3 is 6.09 Å². The Labute approximate surface area is 335 Å². The quantitative estimate of drug-likeness (QED) is 0.0237. The number of aliphatic hydroxyl groups is 1. The molecule has 17 heteroatoms. The molecule has 0 bridgehead atoms. The monoisotopic (exact) mass is 799 g/mol. The molecule has 2 amide bonds. The van der Waals surface area contributed by atoms with Gasteiger partial charge in [-0.2, -0.15) is 10.2 Å². The van der Waals surface area contributed by atoms with Crippen LogP contribution in [0.4, 0.5) is 36.3 Å². The molecule has 2 atom stereocenters. The Hall–Kier alpha value is -6.42. The molecule has 0 fully saturated rings. The molecule has 4 aromatic rings. The topological polar surface area (TPSA) is 203 Å². The lowest BCUT2D eigenvalue weighted by molar-refractivity contribution is -0.124. The predicted octanol–water partition coefficient (Wildman–Crippen LogP) is 8.61. The molecule has 306 valence electrons. The predicted molar refractivity (Wildman–Crippen MR) is 215 cm³/mol. The number of nitrogens with one attached hydrogen (secondary N) is 3. The van der Waals surface area contributed by atoms with E-state index in [0.717, 1.165) is 17.8 Å². The van der Waals surface area contributed by atoms with Crippen molar-refractivity contribution in [3.63, 3.8) is 0 Å². The number of Topliss-reactive ketones (excluding diaryl/α,β-unsaturated/α-hetero) is 1. The molecule has 0 aliphatic heterocycles. The highest BCUT2D eigenvalue weighted by Gasteiger charge is 2.24. The molecule has 0 saturated heterocycles. The normalized spacial score (nSPS) is 12.3. The van der Waals surface area contributed by atoms with Crippen LogP contribution in [-0.2, 0) is 16.1 Å². The Balaban J connectivity index is 1.33. The molecule has 15 nitrogen and oxygen atoms in total. The number of azo groups is 1. The van der Waals surface area contributed by atoms with Gasteiger partial charge in [0.25, 0.3) is 5.91 Å². The zero-order valence-electron chi connectivity index (χ0n) is 32.9. The summed E-state index contributed by atoms with van der Waals surface area (Å²) in [6.07, 6.45) is -0.971. The van der Waals surface area contributed by atoms with E-state index in [1.54, 1.807) is 57.2 Å². The minimum Gasteiger partial charge on any atom is -0.480 e. The van der Waals surface area contributed by atoms with E-state index in [1.807, 2.05) is 43.3 Å². The molecule has 1 unspecified atom stereocenters. The van der Waals surface area contributed by atoms with Gasteiger partial charge in [-0.05, 0) is 123 Å². The smallest absolute Gasteiger partial charge is 0.407 e. The fourth-order valence-electron chi connectivity index (χ4n) is 5.40. The summed E-state index contributed by atoms with van der Waals surface area (Å²) in [5.41, 5.74) is 11.3. The number of rotatable bonds is 19. The van der Waals surface area contributed by atoms with Gasteiger partial charge in [0.2, 0.25) is 0 Å². The summed E-state index contributed by atoms with van der Waals surface area (Å²) >= 11 is 0. The van der Waals surface area contributed by atoms with Crippen LogP contribution in [0.25, 0.3) is 10.4 Å². The van der Waals surface area contributed by atoms with Gasteiger partial charge in [-0.3, -0.25) is 14.9 Å². The number of aliphatic hydroxyl groups excluding tert-OH is 1. The number of amides is 2. The van der Waals surface area contributed by atoms with Crippen molar-refractivity contribution in [2.45, 2.75) is 64.4 Å². The SMILES string of the molecule is CN(C)c1ccc(/N=N/c2ccc(C(=O)NCc3cc(F)c(OCC(=O)[C@H](CCCCNC(=O)OC(C)(C)C)NC(O)c4cccc(N=[N+]=[N-])c4)c(F)c3)cc2)cc1. The summed E-state index contributed by atoms with van der Waals surface area (Å²) in [6.45, 7) is 4.51. The number of nitrogens with zero attached hydrogens (tertiary/aromatic N) is 6. The van der Waals surface area contributed by atoms with Crippen LogP contribution >= 0.6 is 0 Å². The molecular formula is C41H47F2N9O6. The van der Waals surface area contributed by atoms with E-state index < -0.39 is 59.6 Å². The minimum atomic E-state index is -1.38.